The van der Waals surface area contributed by atoms with Crippen molar-refractivity contribution in [3.8, 4) is 12.3 Å². The van der Waals surface area contributed by atoms with Gasteiger partial charge in [0.25, 0.3) is 0 Å². The average molecular weight is 357 g/mol. The van der Waals surface area contributed by atoms with Crippen LogP contribution in [0.15, 0.2) is 29.3 Å². The minimum atomic E-state index is -0.305. The van der Waals surface area contributed by atoms with Gasteiger partial charge in [-0.15, -0.1) is 6.42 Å². The van der Waals surface area contributed by atoms with E-state index in [9.17, 15) is 9.59 Å². The summed E-state index contributed by atoms with van der Waals surface area (Å²) in [4.78, 5) is 28.1. The highest BCUT2D eigenvalue weighted by Crippen LogP contribution is 2.09. The number of rotatable bonds is 6. The van der Waals surface area contributed by atoms with Crippen LogP contribution in [0.2, 0.25) is 0 Å². The summed E-state index contributed by atoms with van der Waals surface area (Å²) in [5.41, 5.74) is 0.996. The van der Waals surface area contributed by atoms with Crippen molar-refractivity contribution < 1.29 is 9.59 Å². The van der Waals surface area contributed by atoms with Gasteiger partial charge in [-0.25, -0.2) is 4.99 Å². The molecule has 1 aromatic carbocycles. The van der Waals surface area contributed by atoms with Crippen LogP contribution in [0.1, 0.15) is 33.3 Å². The van der Waals surface area contributed by atoms with Gasteiger partial charge in [0.1, 0.15) is 6.54 Å². The van der Waals surface area contributed by atoms with E-state index in [1.165, 1.54) is 0 Å². The van der Waals surface area contributed by atoms with Gasteiger partial charge >= 0.3 is 0 Å². The number of amides is 2. The molecule has 0 bridgehead atoms. The molecular formula is C19H27N5O2. The first-order valence-electron chi connectivity index (χ1n) is 8.43. The normalized spacial score (nSPS) is 11.3. The predicted molar refractivity (Wildman–Crippen MR) is 105 cm³/mol. The Bertz CT molecular complexity index is 699. The molecule has 7 heteroatoms. The topological polar surface area (TPSA) is 94.6 Å². The molecule has 140 valence electrons. The van der Waals surface area contributed by atoms with E-state index in [1.807, 2.05) is 27.7 Å². The number of benzene rings is 1. The third kappa shape index (κ3) is 8.73. The fourth-order valence-electron chi connectivity index (χ4n) is 2.01. The van der Waals surface area contributed by atoms with Crippen LogP contribution in [-0.2, 0) is 9.59 Å². The van der Waals surface area contributed by atoms with E-state index < -0.39 is 0 Å². The van der Waals surface area contributed by atoms with Crippen LogP contribution < -0.4 is 21.3 Å². The van der Waals surface area contributed by atoms with Crippen molar-refractivity contribution in [2.24, 2.45) is 4.99 Å². The molecule has 0 spiro atoms. The maximum absolute atomic E-state index is 12.0. The third-order valence-electron chi connectivity index (χ3n) is 2.97. The summed E-state index contributed by atoms with van der Waals surface area (Å²) in [6.07, 6.45) is 5.34. The molecule has 0 saturated carbocycles. The summed E-state index contributed by atoms with van der Waals surface area (Å²) in [5.74, 6) is 2.47. The monoisotopic (exact) mass is 357 g/mol. The van der Waals surface area contributed by atoms with Crippen LogP contribution in [0, 0.1) is 12.3 Å². The smallest absolute Gasteiger partial charge is 0.246 e. The number of guanidine groups is 1. The second-order valence-corrected chi connectivity index (χ2v) is 6.62. The largest absolute Gasteiger partial charge is 0.357 e. The van der Waals surface area contributed by atoms with Gasteiger partial charge in [0, 0.05) is 23.3 Å². The van der Waals surface area contributed by atoms with E-state index in [2.05, 4.69) is 32.2 Å². The lowest BCUT2D eigenvalue weighted by atomic mass is 10.1. The van der Waals surface area contributed by atoms with Crippen molar-refractivity contribution in [3.63, 3.8) is 0 Å². The number of terminal acetylenes is 1. The first-order valence-corrected chi connectivity index (χ1v) is 8.43. The predicted octanol–water partition coefficient (Wildman–Crippen LogP) is 1.08. The van der Waals surface area contributed by atoms with E-state index in [0.29, 0.717) is 23.8 Å². The zero-order valence-corrected chi connectivity index (χ0v) is 15.8. The molecule has 0 radical (unpaired) electrons. The van der Waals surface area contributed by atoms with Gasteiger partial charge in [0.2, 0.25) is 11.8 Å². The third-order valence-corrected chi connectivity index (χ3v) is 2.97. The van der Waals surface area contributed by atoms with Gasteiger partial charge in [0.15, 0.2) is 5.96 Å². The molecule has 0 atom stereocenters. The second-order valence-electron chi connectivity index (χ2n) is 6.62. The molecule has 0 fully saturated rings. The fraction of sp³-hybridized carbons (Fsp3) is 0.421. The van der Waals surface area contributed by atoms with Crippen molar-refractivity contribution in [2.75, 3.05) is 25.0 Å². The SMILES string of the molecule is C#Cc1cccc(NC(=O)CN=C(NCC)NCC(=O)NC(C)(C)C)c1. The average Bonchev–Trinajstić information content (AvgIpc) is 2.56. The van der Waals surface area contributed by atoms with Crippen molar-refractivity contribution >= 4 is 23.5 Å². The van der Waals surface area contributed by atoms with Crippen LogP contribution in [0.5, 0.6) is 0 Å². The summed E-state index contributed by atoms with van der Waals surface area (Å²) in [7, 11) is 0. The molecule has 0 aromatic heterocycles. The molecule has 0 aliphatic carbocycles. The molecule has 0 saturated heterocycles. The maximum atomic E-state index is 12.0. The Morgan fingerprint density at radius 2 is 1.92 bits per heavy atom. The van der Waals surface area contributed by atoms with Crippen LogP contribution in [0.25, 0.3) is 0 Å². The van der Waals surface area contributed by atoms with Gasteiger partial charge in [-0.3, -0.25) is 9.59 Å². The van der Waals surface area contributed by atoms with Gasteiger partial charge < -0.3 is 21.3 Å². The van der Waals surface area contributed by atoms with E-state index in [0.717, 1.165) is 0 Å². The highest BCUT2D eigenvalue weighted by Gasteiger charge is 2.13. The van der Waals surface area contributed by atoms with Crippen molar-refractivity contribution in [1.82, 2.24) is 16.0 Å². The zero-order chi connectivity index (χ0) is 19.6. The molecule has 26 heavy (non-hydrogen) atoms. The Labute approximate surface area is 155 Å². The summed E-state index contributed by atoms with van der Waals surface area (Å²) >= 11 is 0. The van der Waals surface area contributed by atoms with Crippen molar-refractivity contribution in [2.45, 2.75) is 33.2 Å². The van der Waals surface area contributed by atoms with Gasteiger partial charge in [-0.2, -0.15) is 0 Å². The summed E-state index contributed by atoms with van der Waals surface area (Å²) < 4.78 is 0. The minimum absolute atomic E-state index is 0.0644. The van der Waals surface area contributed by atoms with Gasteiger partial charge in [0.05, 0.1) is 6.54 Å². The Hall–Kier alpha value is -3.01. The second kappa shape index (κ2) is 10.1. The lowest BCUT2D eigenvalue weighted by molar-refractivity contribution is -0.121. The molecule has 1 aromatic rings. The van der Waals surface area contributed by atoms with E-state index >= 15 is 0 Å². The number of aliphatic imine (C=N–C) groups is 1. The molecular weight excluding hydrogens is 330 g/mol. The number of carbonyl (C=O) groups is 2. The van der Waals surface area contributed by atoms with Gasteiger partial charge in [-0.05, 0) is 45.9 Å². The van der Waals surface area contributed by atoms with Crippen LogP contribution in [-0.4, -0.2) is 42.9 Å². The molecule has 0 unspecified atom stereocenters. The van der Waals surface area contributed by atoms with E-state index in [1.54, 1.807) is 24.3 Å². The number of nitrogens with zero attached hydrogens (tertiary/aromatic N) is 1. The van der Waals surface area contributed by atoms with Gasteiger partial charge in [-0.1, -0.05) is 12.0 Å². The Morgan fingerprint density at radius 1 is 1.19 bits per heavy atom. The molecule has 0 aliphatic rings. The first kappa shape index (κ1) is 21.0. The fourth-order valence-corrected chi connectivity index (χ4v) is 2.01. The standard InChI is InChI=1S/C19H27N5O2/c1-6-14-9-8-10-15(11-14)23-16(25)12-21-18(20-7-2)22-13-17(26)24-19(3,4)5/h1,8-11H,7,12-13H2,2-5H3,(H,23,25)(H,24,26)(H2,20,21,22). The Morgan fingerprint density at radius 3 is 2.54 bits per heavy atom. The summed E-state index contributed by atoms with van der Waals surface area (Å²) in [6, 6.07) is 7.02. The molecule has 1 rings (SSSR count). The van der Waals surface area contributed by atoms with E-state index in [4.69, 9.17) is 6.42 Å². The van der Waals surface area contributed by atoms with E-state index in [-0.39, 0.29) is 30.4 Å². The molecule has 7 nitrogen and oxygen atoms in total. The highest BCUT2D eigenvalue weighted by atomic mass is 16.2. The minimum Gasteiger partial charge on any atom is -0.357 e. The lowest BCUT2D eigenvalue weighted by Gasteiger charge is -2.21. The first-order chi connectivity index (χ1) is 12.2. The van der Waals surface area contributed by atoms with Crippen molar-refractivity contribution in [1.29, 1.82) is 0 Å². The summed E-state index contributed by atoms with van der Waals surface area (Å²) in [5, 5.41) is 11.5. The zero-order valence-electron chi connectivity index (χ0n) is 15.8. The number of hydrogen-bond donors (Lipinski definition) is 4. The lowest BCUT2D eigenvalue weighted by Crippen LogP contribution is -2.48. The highest BCUT2D eigenvalue weighted by molar-refractivity contribution is 5.94. The maximum Gasteiger partial charge on any atom is 0.246 e. The van der Waals surface area contributed by atoms with Crippen LogP contribution in [0.3, 0.4) is 0 Å². The number of carbonyl (C=O) groups excluding carboxylic acids is 2. The number of nitrogens with one attached hydrogen (secondary N) is 4. The van der Waals surface area contributed by atoms with Crippen LogP contribution >= 0.6 is 0 Å². The molecule has 2 amide bonds. The molecule has 0 aliphatic heterocycles. The quantitative estimate of drug-likeness (QED) is 0.348. The molecule has 0 heterocycles. The number of hydrogen-bond acceptors (Lipinski definition) is 3. The van der Waals surface area contributed by atoms with Crippen LogP contribution in [0.4, 0.5) is 5.69 Å². The Balaban J connectivity index is 2.58. The summed E-state index contributed by atoms with van der Waals surface area (Å²) in [6.45, 7) is 8.21. The number of anilines is 1. The Kier molecular flexibility index (Phi) is 8.16. The molecule has 4 N–H and O–H groups in total. The van der Waals surface area contributed by atoms with Crippen molar-refractivity contribution in [3.05, 3.63) is 29.8 Å².